The topological polar surface area (TPSA) is 12.0 Å². The zero-order chi connectivity index (χ0) is 14.0. The number of aryl methyl sites for hydroxylation is 2. The van der Waals surface area contributed by atoms with Gasteiger partial charge in [-0.1, -0.05) is 17.7 Å². The fourth-order valence-corrected chi connectivity index (χ4v) is 3.34. The molecule has 19 heavy (non-hydrogen) atoms. The van der Waals surface area contributed by atoms with E-state index in [0.29, 0.717) is 6.54 Å². The number of nitrogens with one attached hydrogen (secondary N) is 1. The van der Waals surface area contributed by atoms with E-state index in [1.54, 1.807) is 12.1 Å². The molecule has 2 aromatic rings. The highest BCUT2D eigenvalue weighted by molar-refractivity contribution is 7.12. The lowest BCUT2D eigenvalue weighted by molar-refractivity contribution is 0.572. The van der Waals surface area contributed by atoms with Crippen LogP contribution >= 0.6 is 22.9 Å². The average molecular weight is 298 g/mol. The minimum atomic E-state index is -0.372. The summed E-state index contributed by atoms with van der Waals surface area (Å²) in [6.07, 6.45) is 0. The van der Waals surface area contributed by atoms with Crippen molar-refractivity contribution in [1.82, 2.24) is 5.32 Å². The Balaban J connectivity index is 2.02. The first-order chi connectivity index (χ1) is 8.97. The van der Waals surface area contributed by atoms with E-state index in [1.165, 1.54) is 21.4 Å². The van der Waals surface area contributed by atoms with E-state index in [4.69, 9.17) is 11.6 Å². The van der Waals surface area contributed by atoms with Crippen molar-refractivity contribution in [1.29, 1.82) is 0 Å². The van der Waals surface area contributed by atoms with Gasteiger partial charge in [-0.2, -0.15) is 0 Å². The van der Waals surface area contributed by atoms with Gasteiger partial charge >= 0.3 is 0 Å². The van der Waals surface area contributed by atoms with Gasteiger partial charge in [-0.05, 0) is 50.1 Å². The molecule has 0 spiro atoms. The molecule has 0 saturated heterocycles. The lowest BCUT2D eigenvalue weighted by Crippen LogP contribution is -2.18. The van der Waals surface area contributed by atoms with Crippen LogP contribution in [-0.2, 0) is 6.54 Å². The van der Waals surface area contributed by atoms with Crippen molar-refractivity contribution in [3.8, 4) is 0 Å². The standard InChI is InChI=1S/C15H17ClFNS/c1-9-6-13(11(3)19-9)10(2)18-8-12-4-5-15(17)14(16)7-12/h4-7,10,18H,8H2,1-3H3. The molecule has 0 bridgehead atoms. The maximum Gasteiger partial charge on any atom is 0.141 e. The Morgan fingerprint density at radius 2 is 2.05 bits per heavy atom. The van der Waals surface area contributed by atoms with E-state index >= 15 is 0 Å². The Bertz CT molecular complexity index is 580. The molecule has 1 aromatic carbocycles. The molecule has 0 aliphatic heterocycles. The normalized spacial score (nSPS) is 12.7. The van der Waals surface area contributed by atoms with Crippen molar-refractivity contribution in [2.24, 2.45) is 0 Å². The molecule has 0 saturated carbocycles. The van der Waals surface area contributed by atoms with Crippen LogP contribution in [0.4, 0.5) is 4.39 Å². The molecule has 102 valence electrons. The number of halogens is 2. The Hall–Kier alpha value is -0.900. The van der Waals surface area contributed by atoms with Gasteiger partial charge in [0.15, 0.2) is 0 Å². The van der Waals surface area contributed by atoms with Gasteiger partial charge in [0.1, 0.15) is 5.82 Å². The predicted octanol–water partition coefficient (Wildman–Crippen LogP) is 5.01. The van der Waals surface area contributed by atoms with Crippen molar-refractivity contribution in [3.63, 3.8) is 0 Å². The molecule has 0 aliphatic rings. The lowest BCUT2D eigenvalue weighted by atomic mass is 10.1. The fraction of sp³-hybridized carbons (Fsp3) is 0.333. The fourth-order valence-electron chi connectivity index (χ4n) is 2.11. The molecule has 1 heterocycles. The quantitative estimate of drug-likeness (QED) is 0.836. The van der Waals surface area contributed by atoms with Gasteiger partial charge in [0.2, 0.25) is 0 Å². The number of rotatable bonds is 4. The molecule has 1 N–H and O–H groups in total. The molecule has 1 atom stereocenters. The van der Waals surface area contributed by atoms with E-state index in [-0.39, 0.29) is 16.9 Å². The van der Waals surface area contributed by atoms with Gasteiger partial charge in [0, 0.05) is 22.3 Å². The second-order valence-electron chi connectivity index (χ2n) is 4.72. The smallest absolute Gasteiger partial charge is 0.141 e. The molecule has 2 rings (SSSR count). The summed E-state index contributed by atoms with van der Waals surface area (Å²) in [5.41, 5.74) is 2.32. The third-order valence-corrected chi connectivity index (χ3v) is 4.41. The highest BCUT2D eigenvalue weighted by atomic mass is 35.5. The van der Waals surface area contributed by atoms with Gasteiger partial charge in [-0.25, -0.2) is 4.39 Å². The van der Waals surface area contributed by atoms with E-state index in [2.05, 4.69) is 32.2 Å². The molecule has 0 fully saturated rings. The zero-order valence-electron chi connectivity index (χ0n) is 11.3. The van der Waals surface area contributed by atoms with Crippen molar-refractivity contribution >= 4 is 22.9 Å². The predicted molar refractivity (Wildman–Crippen MR) is 80.5 cm³/mol. The van der Waals surface area contributed by atoms with Gasteiger partial charge in [0.25, 0.3) is 0 Å². The zero-order valence-corrected chi connectivity index (χ0v) is 12.8. The van der Waals surface area contributed by atoms with Crippen LogP contribution in [0.2, 0.25) is 5.02 Å². The van der Waals surface area contributed by atoms with E-state index in [9.17, 15) is 4.39 Å². The Morgan fingerprint density at radius 3 is 2.63 bits per heavy atom. The number of thiophene rings is 1. The van der Waals surface area contributed by atoms with Gasteiger partial charge in [0.05, 0.1) is 5.02 Å². The summed E-state index contributed by atoms with van der Waals surface area (Å²) in [7, 11) is 0. The van der Waals surface area contributed by atoms with Crippen LogP contribution in [0.3, 0.4) is 0 Å². The average Bonchev–Trinajstić information content (AvgIpc) is 2.70. The van der Waals surface area contributed by atoms with Crippen LogP contribution < -0.4 is 5.32 Å². The summed E-state index contributed by atoms with van der Waals surface area (Å²) in [5, 5.41) is 3.62. The number of hydrogen-bond acceptors (Lipinski definition) is 2. The third-order valence-electron chi connectivity index (χ3n) is 3.14. The molecular formula is C15H17ClFNS. The number of benzene rings is 1. The maximum atomic E-state index is 13.1. The summed E-state index contributed by atoms with van der Waals surface area (Å²) >= 11 is 7.59. The first kappa shape index (κ1) is 14.5. The minimum Gasteiger partial charge on any atom is -0.306 e. The van der Waals surface area contributed by atoms with Crippen LogP contribution in [0.15, 0.2) is 24.3 Å². The Kier molecular flexibility index (Phi) is 4.61. The van der Waals surface area contributed by atoms with Crippen LogP contribution in [0.25, 0.3) is 0 Å². The van der Waals surface area contributed by atoms with E-state index in [0.717, 1.165) is 5.56 Å². The second kappa shape index (κ2) is 6.04. The van der Waals surface area contributed by atoms with Crippen LogP contribution in [0.5, 0.6) is 0 Å². The maximum absolute atomic E-state index is 13.1. The van der Waals surface area contributed by atoms with E-state index in [1.807, 2.05) is 11.3 Å². The first-order valence-electron chi connectivity index (χ1n) is 6.21. The second-order valence-corrected chi connectivity index (χ2v) is 6.59. The van der Waals surface area contributed by atoms with E-state index < -0.39 is 0 Å². The minimum absolute atomic E-state index is 0.175. The highest BCUT2D eigenvalue weighted by Crippen LogP contribution is 2.26. The molecule has 1 unspecified atom stereocenters. The molecule has 1 nitrogen and oxygen atoms in total. The monoisotopic (exact) mass is 297 g/mol. The van der Waals surface area contributed by atoms with Crippen LogP contribution in [-0.4, -0.2) is 0 Å². The molecule has 0 amide bonds. The summed E-state index contributed by atoms with van der Waals surface area (Å²) in [4.78, 5) is 2.67. The molecule has 0 radical (unpaired) electrons. The molecule has 1 aromatic heterocycles. The molecular weight excluding hydrogens is 281 g/mol. The van der Waals surface area contributed by atoms with Crippen molar-refractivity contribution < 1.29 is 4.39 Å². The Morgan fingerprint density at radius 1 is 1.32 bits per heavy atom. The summed E-state index contributed by atoms with van der Waals surface area (Å²) in [5.74, 6) is -0.372. The van der Waals surface area contributed by atoms with Crippen LogP contribution in [0.1, 0.15) is 33.8 Å². The number of hydrogen-bond donors (Lipinski definition) is 1. The van der Waals surface area contributed by atoms with Crippen molar-refractivity contribution in [2.45, 2.75) is 33.4 Å². The van der Waals surface area contributed by atoms with Gasteiger partial charge < -0.3 is 5.32 Å². The van der Waals surface area contributed by atoms with Gasteiger partial charge in [-0.3, -0.25) is 0 Å². The van der Waals surface area contributed by atoms with Crippen molar-refractivity contribution in [2.75, 3.05) is 0 Å². The summed E-state index contributed by atoms with van der Waals surface area (Å²) in [6, 6.07) is 7.32. The molecule has 0 aliphatic carbocycles. The van der Waals surface area contributed by atoms with Gasteiger partial charge in [-0.15, -0.1) is 11.3 Å². The largest absolute Gasteiger partial charge is 0.306 e. The summed E-state index contributed by atoms with van der Waals surface area (Å²) < 4.78 is 13.1. The first-order valence-corrected chi connectivity index (χ1v) is 7.41. The lowest BCUT2D eigenvalue weighted by Gasteiger charge is -2.14. The highest BCUT2D eigenvalue weighted by Gasteiger charge is 2.11. The van der Waals surface area contributed by atoms with Crippen molar-refractivity contribution in [3.05, 3.63) is 56.0 Å². The Labute approximate surface area is 122 Å². The third kappa shape index (κ3) is 3.56. The molecule has 4 heteroatoms. The van der Waals surface area contributed by atoms with Crippen LogP contribution in [0, 0.1) is 19.7 Å². The SMILES string of the molecule is Cc1cc(C(C)NCc2ccc(F)c(Cl)c2)c(C)s1. The summed E-state index contributed by atoms with van der Waals surface area (Å²) in [6.45, 7) is 7.07.